The number of ether oxygens (including phenoxy) is 2. The summed E-state index contributed by atoms with van der Waals surface area (Å²) in [4.78, 5) is 24.4. The summed E-state index contributed by atoms with van der Waals surface area (Å²) in [5.41, 5.74) is 7.40. The number of methoxy groups -OCH3 is 1. The molecule has 0 amide bonds. The van der Waals surface area contributed by atoms with Gasteiger partial charge < -0.3 is 9.47 Å². The van der Waals surface area contributed by atoms with Crippen LogP contribution in [0.5, 0.6) is 11.5 Å². The van der Waals surface area contributed by atoms with Gasteiger partial charge in [0.05, 0.1) is 12.7 Å². The van der Waals surface area contributed by atoms with E-state index in [-0.39, 0.29) is 11.2 Å². The normalized spacial score (nSPS) is 11.3. The van der Waals surface area contributed by atoms with Gasteiger partial charge in [0.1, 0.15) is 11.5 Å². The second-order valence-corrected chi connectivity index (χ2v) is 9.39. The van der Waals surface area contributed by atoms with Crippen molar-refractivity contribution in [3.05, 3.63) is 93.0 Å². The van der Waals surface area contributed by atoms with Crippen molar-refractivity contribution in [2.75, 3.05) is 7.11 Å². The van der Waals surface area contributed by atoms with Gasteiger partial charge in [0.2, 0.25) is 0 Å². The quantitative estimate of drug-likeness (QED) is 0.194. The first-order valence-corrected chi connectivity index (χ1v) is 12.2. The number of carbonyl (C=O) groups is 2. The zero-order valence-electron chi connectivity index (χ0n) is 22.2. The molecule has 3 rings (SSSR count). The van der Waals surface area contributed by atoms with Crippen LogP contribution < -0.4 is 9.47 Å². The van der Waals surface area contributed by atoms with Gasteiger partial charge in [-0.2, -0.15) is 0 Å². The minimum absolute atomic E-state index is 0.0372. The van der Waals surface area contributed by atoms with Gasteiger partial charge in [-0.3, -0.25) is 4.79 Å². The average Bonchev–Trinajstić information content (AvgIpc) is 2.82. The Morgan fingerprint density at radius 2 is 1.11 bits per heavy atom. The van der Waals surface area contributed by atoms with Crippen LogP contribution in [0.15, 0.2) is 48.5 Å². The van der Waals surface area contributed by atoms with Crippen LogP contribution in [-0.2, 0) is 5.41 Å². The molecule has 4 heteroatoms. The Balaban J connectivity index is 2.00. The molecule has 0 radical (unpaired) electrons. The lowest BCUT2D eigenvalue weighted by Crippen LogP contribution is -2.27. The number of hydrogen-bond donors (Lipinski definition) is 0. The number of benzene rings is 3. The van der Waals surface area contributed by atoms with Gasteiger partial charge in [0.15, 0.2) is 5.78 Å². The van der Waals surface area contributed by atoms with E-state index in [1.54, 1.807) is 31.4 Å². The topological polar surface area (TPSA) is 52.6 Å². The van der Waals surface area contributed by atoms with Gasteiger partial charge in [0, 0.05) is 11.0 Å². The van der Waals surface area contributed by atoms with Crippen LogP contribution in [0, 0.1) is 27.7 Å². The van der Waals surface area contributed by atoms with Crippen molar-refractivity contribution in [2.45, 2.75) is 66.7 Å². The molecule has 0 atom stereocenters. The van der Waals surface area contributed by atoms with Gasteiger partial charge in [0.25, 0.3) is 0 Å². The molecule has 0 saturated carbocycles. The zero-order valence-corrected chi connectivity index (χ0v) is 22.2. The van der Waals surface area contributed by atoms with E-state index in [9.17, 15) is 9.59 Å². The van der Waals surface area contributed by atoms with E-state index in [1.807, 2.05) is 13.8 Å². The summed E-state index contributed by atoms with van der Waals surface area (Å²) >= 11 is 0. The number of carbonyl (C=O) groups excluding carboxylic acids is 2. The molecule has 0 aliphatic rings. The predicted molar refractivity (Wildman–Crippen MR) is 141 cm³/mol. The number of rotatable bonds is 8. The third-order valence-corrected chi connectivity index (χ3v) is 7.16. The lowest BCUT2D eigenvalue weighted by molar-refractivity contribution is 0.0731. The highest BCUT2D eigenvalue weighted by molar-refractivity contribution is 5.96. The smallest absolute Gasteiger partial charge is 0.343 e. The molecule has 35 heavy (non-hydrogen) atoms. The SMILES string of the molecule is CCC(CC)(c1cc(C)c(OC)c(C)c1)c1cc(C)c(OC(=O)c2ccc(C(C)=O)cc2)c(C)c1. The summed E-state index contributed by atoms with van der Waals surface area (Å²) in [5, 5.41) is 0. The fourth-order valence-electron chi connectivity index (χ4n) is 5.16. The second-order valence-electron chi connectivity index (χ2n) is 9.39. The molecular weight excluding hydrogens is 436 g/mol. The lowest BCUT2D eigenvalue weighted by atomic mass is 9.69. The summed E-state index contributed by atoms with van der Waals surface area (Å²) in [7, 11) is 1.71. The minimum Gasteiger partial charge on any atom is -0.496 e. The van der Waals surface area contributed by atoms with Crippen LogP contribution in [0.4, 0.5) is 0 Å². The van der Waals surface area contributed by atoms with Crippen LogP contribution in [0.3, 0.4) is 0 Å². The maximum absolute atomic E-state index is 12.8. The van der Waals surface area contributed by atoms with E-state index >= 15 is 0 Å². The largest absolute Gasteiger partial charge is 0.496 e. The summed E-state index contributed by atoms with van der Waals surface area (Å²) in [6.45, 7) is 14.1. The van der Waals surface area contributed by atoms with Crippen molar-refractivity contribution in [3.8, 4) is 11.5 Å². The number of ketones is 1. The van der Waals surface area contributed by atoms with Crippen molar-refractivity contribution in [3.63, 3.8) is 0 Å². The fraction of sp³-hybridized carbons (Fsp3) is 0.355. The Hall–Kier alpha value is -3.40. The van der Waals surface area contributed by atoms with Crippen molar-refractivity contribution in [1.82, 2.24) is 0 Å². The number of Topliss-reactive ketones (excluding diaryl/α,β-unsaturated/α-hetero) is 1. The Bertz CT molecular complexity index is 1200. The Morgan fingerprint density at radius 3 is 1.49 bits per heavy atom. The van der Waals surface area contributed by atoms with Crippen LogP contribution in [0.2, 0.25) is 0 Å². The molecule has 0 bridgehead atoms. The van der Waals surface area contributed by atoms with Crippen LogP contribution in [-0.4, -0.2) is 18.9 Å². The number of hydrogen-bond acceptors (Lipinski definition) is 4. The standard InChI is InChI=1S/C31H36O4/c1-9-31(10-2,26-15-19(3)28(34-8)20(4)16-26)27-17-21(5)29(22(6)18-27)35-30(33)25-13-11-24(12-14-25)23(7)32/h11-18H,9-10H2,1-8H3. The minimum atomic E-state index is -0.433. The van der Waals surface area contributed by atoms with Crippen molar-refractivity contribution in [1.29, 1.82) is 0 Å². The number of esters is 1. The first kappa shape index (κ1) is 26.2. The van der Waals surface area contributed by atoms with Gasteiger partial charge in [-0.25, -0.2) is 4.79 Å². The monoisotopic (exact) mass is 472 g/mol. The zero-order chi connectivity index (χ0) is 25.9. The van der Waals surface area contributed by atoms with E-state index in [1.165, 1.54) is 18.1 Å². The highest BCUT2D eigenvalue weighted by atomic mass is 16.5. The number of aryl methyl sites for hydroxylation is 4. The van der Waals surface area contributed by atoms with Crippen molar-refractivity contribution >= 4 is 11.8 Å². The summed E-state index contributed by atoms with van der Waals surface area (Å²) in [5.74, 6) is 1.04. The van der Waals surface area contributed by atoms with Gasteiger partial charge >= 0.3 is 5.97 Å². The summed E-state index contributed by atoms with van der Waals surface area (Å²) in [6.07, 6.45) is 1.88. The molecule has 0 unspecified atom stereocenters. The Labute approximate surface area is 209 Å². The predicted octanol–water partition coefficient (Wildman–Crippen LogP) is 7.46. The van der Waals surface area contributed by atoms with E-state index in [0.717, 1.165) is 40.8 Å². The summed E-state index contributed by atoms with van der Waals surface area (Å²) < 4.78 is 11.4. The molecule has 4 nitrogen and oxygen atoms in total. The third-order valence-electron chi connectivity index (χ3n) is 7.16. The third kappa shape index (κ3) is 5.02. The van der Waals surface area contributed by atoms with Crippen molar-refractivity contribution < 1.29 is 19.1 Å². The molecule has 0 saturated heterocycles. The molecule has 3 aromatic rings. The van der Waals surface area contributed by atoms with Crippen LogP contribution >= 0.6 is 0 Å². The van der Waals surface area contributed by atoms with Crippen LogP contribution in [0.1, 0.15) is 87.7 Å². The van der Waals surface area contributed by atoms with E-state index in [2.05, 4.69) is 52.0 Å². The lowest BCUT2D eigenvalue weighted by Gasteiger charge is -2.35. The van der Waals surface area contributed by atoms with Gasteiger partial charge in [-0.1, -0.05) is 50.2 Å². The Kier molecular flexibility index (Phi) is 7.84. The van der Waals surface area contributed by atoms with Gasteiger partial charge in [-0.05, 0) is 93.0 Å². The molecule has 0 fully saturated rings. The van der Waals surface area contributed by atoms with E-state index in [0.29, 0.717) is 16.9 Å². The maximum atomic E-state index is 12.8. The fourth-order valence-corrected chi connectivity index (χ4v) is 5.16. The molecular formula is C31H36O4. The molecule has 0 spiro atoms. The molecule has 0 heterocycles. The second kappa shape index (κ2) is 10.5. The van der Waals surface area contributed by atoms with E-state index in [4.69, 9.17) is 9.47 Å². The average molecular weight is 473 g/mol. The molecule has 184 valence electrons. The molecule has 3 aromatic carbocycles. The molecule has 0 aromatic heterocycles. The van der Waals surface area contributed by atoms with Crippen molar-refractivity contribution in [2.24, 2.45) is 0 Å². The molecule has 0 aliphatic heterocycles. The first-order valence-electron chi connectivity index (χ1n) is 12.2. The Morgan fingerprint density at radius 1 is 0.714 bits per heavy atom. The maximum Gasteiger partial charge on any atom is 0.343 e. The van der Waals surface area contributed by atoms with Gasteiger partial charge in [-0.15, -0.1) is 0 Å². The summed E-state index contributed by atoms with van der Waals surface area (Å²) in [6, 6.07) is 15.3. The molecule has 0 aliphatic carbocycles. The molecule has 0 N–H and O–H groups in total. The van der Waals surface area contributed by atoms with Crippen LogP contribution in [0.25, 0.3) is 0 Å². The van der Waals surface area contributed by atoms with E-state index < -0.39 is 5.97 Å². The highest BCUT2D eigenvalue weighted by Crippen LogP contribution is 2.43. The first-order chi connectivity index (χ1) is 16.6. The highest BCUT2D eigenvalue weighted by Gasteiger charge is 2.33.